The molecule has 1 heterocycles. The van der Waals surface area contributed by atoms with Crippen LogP contribution in [0.4, 0.5) is 0 Å². The Labute approximate surface area is 116 Å². The maximum Gasteiger partial charge on any atom is 0.213 e. The van der Waals surface area contributed by atoms with Crippen molar-refractivity contribution in [2.75, 3.05) is 18.8 Å². The highest BCUT2D eigenvalue weighted by molar-refractivity contribution is 7.89. The van der Waals surface area contributed by atoms with E-state index in [0.717, 1.165) is 25.7 Å². The quantitative estimate of drug-likeness (QED) is 0.832. The van der Waals surface area contributed by atoms with Gasteiger partial charge in [-0.1, -0.05) is 30.3 Å². The second-order valence-electron chi connectivity index (χ2n) is 5.29. The van der Waals surface area contributed by atoms with Crippen molar-refractivity contribution in [3.05, 3.63) is 35.9 Å². The zero-order valence-corrected chi connectivity index (χ0v) is 12.4. The van der Waals surface area contributed by atoms with Gasteiger partial charge in [-0.25, -0.2) is 12.7 Å². The van der Waals surface area contributed by atoms with Crippen LogP contribution < -0.4 is 0 Å². The summed E-state index contributed by atoms with van der Waals surface area (Å²) < 4.78 is 25.5. The molecule has 0 aliphatic carbocycles. The summed E-state index contributed by atoms with van der Waals surface area (Å²) >= 11 is 0. The van der Waals surface area contributed by atoms with E-state index in [4.69, 9.17) is 0 Å². The summed E-state index contributed by atoms with van der Waals surface area (Å²) in [5.74, 6) is 0.730. The minimum Gasteiger partial charge on any atom is -0.212 e. The Morgan fingerprint density at radius 3 is 2.68 bits per heavy atom. The molecule has 19 heavy (non-hydrogen) atoms. The van der Waals surface area contributed by atoms with Gasteiger partial charge >= 0.3 is 0 Å². The van der Waals surface area contributed by atoms with Gasteiger partial charge in [0.1, 0.15) is 0 Å². The predicted molar refractivity (Wildman–Crippen MR) is 78.5 cm³/mol. The fourth-order valence-corrected chi connectivity index (χ4v) is 3.92. The van der Waals surface area contributed by atoms with Gasteiger partial charge in [-0.2, -0.15) is 0 Å². The molecular weight excluding hydrogens is 258 g/mol. The molecule has 1 aliphatic heterocycles. The van der Waals surface area contributed by atoms with E-state index < -0.39 is 10.0 Å². The Morgan fingerprint density at radius 2 is 2.00 bits per heavy atom. The third kappa shape index (κ3) is 4.05. The van der Waals surface area contributed by atoms with Crippen LogP contribution in [0.1, 0.15) is 31.7 Å². The molecule has 1 aromatic rings. The highest BCUT2D eigenvalue weighted by Crippen LogP contribution is 2.23. The van der Waals surface area contributed by atoms with Crippen molar-refractivity contribution < 1.29 is 8.42 Å². The summed E-state index contributed by atoms with van der Waals surface area (Å²) in [7, 11) is -3.00. The molecule has 1 aromatic carbocycles. The van der Waals surface area contributed by atoms with Gasteiger partial charge in [-0.15, -0.1) is 0 Å². The van der Waals surface area contributed by atoms with E-state index in [0.29, 0.717) is 19.0 Å². The van der Waals surface area contributed by atoms with E-state index in [1.54, 1.807) is 11.2 Å². The van der Waals surface area contributed by atoms with Crippen LogP contribution >= 0.6 is 0 Å². The van der Waals surface area contributed by atoms with E-state index >= 15 is 0 Å². The number of aryl methyl sites for hydroxylation is 1. The van der Waals surface area contributed by atoms with Gasteiger partial charge in [-0.05, 0) is 44.1 Å². The van der Waals surface area contributed by atoms with Gasteiger partial charge in [0.2, 0.25) is 10.0 Å². The van der Waals surface area contributed by atoms with Gasteiger partial charge in [0.05, 0.1) is 5.75 Å². The van der Waals surface area contributed by atoms with Crippen LogP contribution in [-0.4, -0.2) is 31.6 Å². The lowest BCUT2D eigenvalue weighted by Gasteiger charge is -2.31. The lowest BCUT2D eigenvalue weighted by molar-refractivity contribution is 0.256. The molecule has 4 heteroatoms. The Hall–Kier alpha value is -0.870. The third-order valence-electron chi connectivity index (χ3n) is 3.92. The fourth-order valence-electron chi connectivity index (χ4n) is 2.71. The molecule has 1 aliphatic rings. The highest BCUT2D eigenvalue weighted by Gasteiger charge is 2.27. The summed E-state index contributed by atoms with van der Waals surface area (Å²) in [6.45, 7) is 3.14. The summed E-state index contributed by atoms with van der Waals surface area (Å²) in [6, 6.07) is 10.4. The van der Waals surface area contributed by atoms with Gasteiger partial charge in [0.25, 0.3) is 0 Å². The van der Waals surface area contributed by atoms with Crippen LogP contribution in [0.15, 0.2) is 30.3 Å². The lowest BCUT2D eigenvalue weighted by Crippen LogP contribution is -2.40. The molecule has 0 saturated carbocycles. The molecule has 1 atom stereocenters. The number of nitrogens with zero attached hydrogens (tertiary/aromatic N) is 1. The molecular formula is C15H23NO2S. The van der Waals surface area contributed by atoms with E-state index in [1.807, 2.05) is 6.07 Å². The van der Waals surface area contributed by atoms with Gasteiger partial charge in [-0.3, -0.25) is 0 Å². The number of sulfonamides is 1. The predicted octanol–water partition coefficient (Wildman–Crippen LogP) is 2.68. The molecule has 1 saturated heterocycles. The first kappa shape index (κ1) is 14.5. The second-order valence-corrected chi connectivity index (χ2v) is 7.55. The van der Waals surface area contributed by atoms with Crippen molar-refractivity contribution in [2.45, 2.75) is 32.6 Å². The summed E-state index contributed by atoms with van der Waals surface area (Å²) in [5, 5.41) is 0. The maximum atomic E-state index is 11.9. The first-order valence-electron chi connectivity index (χ1n) is 7.13. The van der Waals surface area contributed by atoms with Gasteiger partial charge < -0.3 is 0 Å². The second kappa shape index (κ2) is 6.53. The van der Waals surface area contributed by atoms with E-state index in [-0.39, 0.29) is 5.75 Å². The molecule has 0 bridgehead atoms. The zero-order chi connectivity index (χ0) is 13.7. The van der Waals surface area contributed by atoms with Crippen LogP contribution in [0.2, 0.25) is 0 Å². The van der Waals surface area contributed by atoms with Gasteiger partial charge in [0, 0.05) is 13.1 Å². The van der Waals surface area contributed by atoms with Crippen LogP contribution in [0.3, 0.4) is 0 Å². The molecule has 1 fully saturated rings. The van der Waals surface area contributed by atoms with Crippen molar-refractivity contribution in [3.63, 3.8) is 0 Å². The van der Waals surface area contributed by atoms with Crippen LogP contribution in [-0.2, 0) is 16.4 Å². The summed E-state index contributed by atoms with van der Waals surface area (Å²) in [4.78, 5) is 0. The van der Waals surface area contributed by atoms with Crippen molar-refractivity contribution in [1.82, 2.24) is 4.31 Å². The van der Waals surface area contributed by atoms with Crippen molar-refractivity contribution in [2.24, 2.45) is 5.92 Å². The van der Waals surface area contributed by atoms with Crippen molar-refractivity contribution in [1.29, 1.82) is 0 Å². The number of hydrogen-bond acceptors (Lipinski definition) is 2. The largest absolute Gasteiger partial charge is 0.213 e. The highest BCUT2D eigenvalue weighted by atomic mass is 32.2. The van der Waals surface area contributed by atoms with Gasteiger partial charge in [0.15, 0.2) is 0 Å². The molecule has 0 aromatic heterocycles. The van der Waals surface area contributed by atoms with Crippen LogP contribution in [0.25, 0.3) is 0 Å². The summed E-state index contributed by atoms with van der Waals surface area (Å²) in [6.07, 6.45) is 4.28. The summed E-state index contributed by atoms with van der Waals surface area (Å²) in [5.41, 5.74) is 1.35. The SMILES string of the molecule is CCS(=O)(=O)N1CCC[C@H](CCc2ccccc2)C1. The topological polar surface area (TPSA) is 37.4 Å². The third-order valence-corrected chi connectivity index (χ3v) is 5.77. The molecule has 2 rings (SSSR count). The van der Waals surface area contributed by atoms with Crippen LogP contribution in [0.5, 0.6) is 0 Å². The van der Waals surface area contributed by atoms with E-state index in [9.17, 15) is 8.42 Å². The monoisotopic (exact) mass is 281 g/mol. The molecule has 106 valence electrons. The number of piperidine rings is 1. The Kier molecular flexibility index (Phi) is 4.99. The Morgan fingerprint density at radius 1 is 1.26 bits per heavy atom. The molecule has 3 nitrogen and oxygen atoms in total. The minimum absolute atomic E-state index is 0.221. The molecule has 0 amide bonds. The Bertz CT molecular complexity index is 484. The number of benzene rings is 1. The lowest BCUT2D eigenvalue weighted by atomic mass is 9.93. The molecule has 0 radical (unpaired) electrons. The number of hydrogen-bond donors (Lipinski definition) is 0. The average molecular weight is 281 g/mol. The smallest absolute Gasteiger partial charge is 0.212 e. The minimum atomic E-state index is -3.00. The standard InChI is InChI=1S/C15H23NO2S/c1-2-19(17,18)16-12-6-9-15(13-16)11-10-14-7-4-3-5-8-14/h3-5,7-8,15H,2,6,9-13H2,1H3/t15-/m1/s1. The van der Waals surface area contributed by atoms with E-state index in [2.05, 4.69) is 24.3 Å². The number of rotatable bonds is 5. The molecule has 0 spiro atoms. The van der Waals surface area contributed by atoms with E-state index in [1.165, 1.54) is 5.56 Å². The molecule has 0 N–H and O–H groups in total. The van der Waals surface area contributed by atoms with Crippen molar-refractivity contribution >= 4 is 10.0 Å². The maximum absolute atomic E-state index is 11.9. The first-order chi connectivity index (χ1) is 9.12. The first-order valence-corrected chi connectivity index (χ1v) is 8.74. The molecule has 0 unspecified atom stereocenters. The normalized spacial score (nSPS) is 21.4. The van der Waals surface area contributed by atoms with Crippen LogP contribution in [0, 0.1) is 5.92 Å². The Balaban J connectivity index is 1.88. The van der Waals surface area contributed by atoms with Crippen molar-refractivity contribution in [3.8, 4) is 0 Å². The zero-order valence-electron chi connectivity index (χ0n) is 11.6. The average Bonchev–Trinajstić information content (AvgIpc) is 2.46. The fraction of sp³-hybridized carbons (Fsp3) is 0.600.